The molecule has 0 radical (unpaired) electrons. The smallest absolute Gasteiger partial charge is 0.232 e. The largest absolute Gasteiger partial charge is 0.341 e. The molecular formula is C25H28Cl2N4OS. The van der Waals surface area contributed by atoms with Crippen molar-refractivity contribution in [1.82, 2.24) is 19.4 Å². The van der Waals surface area contributed by atoms with Crippen molar-refractivity contribution in [3.8, 4) is 0 Å². The van der Waals surface area contributed by atoms with E-state index < -0.39 is 0 Å². The molecule has 0 unspecified atom stereocenters. The molecule has 1 aliphatic heterocycles. The van der Waals surface area contributed by atoms with E-state index in [1.165, 1.54) is 17.3 Å². The lowest BCUT2D eigenvalue weighted by Gasteiger charge is -2.22. The highest BCUT2D eigenvalue weighted by molar-refractivity contribution is 8.00. The fraction of sp³-hybridized carbons (Fsp3) is 0.360. The van der Waals surface area contributed by atoms with Gasteiger partial charge in [0.2, 0.25) is 5.91 Å². The Hall–Kier alpha value is -1.99. The fourth-order valence-electron chi connectivity index (χ4n) is 3.97. The van der Waals surface area contributed by atoms with E-state index >= 15 is 0 Å². The van der Waals surface area contributed by atoms with Crippen LogP contribution < -0.4 is 0 Å². The monoisotopic (exact) mass is 502 g/mol. The van der Waals surface area contributed by atoms with Gasteiger partial charge in [0.1, 0.15) is 5.82 Å². The minimum absolute atomic E-state index is 0.149. The molecule has 4 rings (SSSR count). The van der Waals surface area contributed by atoms with Crippen LogP contribution >= 0.6 is 35.0 Å². The van der Waals surface area contributed by atoms with Crippen molar-refractivity contribution in [3.05, 3.63) is 81.9 Å². The van der Waals surface area contributed by atoms with Gasteiger partial charge in [-0.15, -0.1) is 11.8 Å². The summed E-state index contributed by atoms with van der Waals surface area (Å²) in [7, 11) is 0. The van der Waals surface area contributed by atoms with E-state index in [9.17, 15) is 4.79 Å². The average Bonchev–Trinajstić information content (AvgIpc) is 3.09. The van der Waals surface area contributed by atoms with E-state index in [0.717, 1.165) is 62.0 Å². The van der Waals surface area contributed by atoms with E-state index in [4.69, 9.17) is 23.2 Å². The van der Waals surface area contributed by atoms with Crippen molar-refractivity contribution in [3.63, 3.8) is 0 Å². The number of imidazole rings is 1. The maximum atomic E-state index is 12.9. The molecule has 1 aromatic heterocycles. The third kappa shape index (κ3) is 6.54. The molecule has 1 amide bonds. The van der Waals surface area contributed by atoms with Crippen LogP contribution in [-0.2, 0) is 17.9 Å². The lowest BCUT2D eigenvalue weighted by atomic mass is 10.2. The first-order valence-corrected chi connectivity index (χ1v) is 12.9. The summed E-state index contributed by atoms with van der Waals surface area (Å²) in [4.78, 5) is 22.7. The topological polar surface area (TPSA) is 41.4 Å². The number of carbonyl (C=O) groups excluding carboxylic acids is 1. The maximum absolute atomic E-state index is 12.9. The quantitative estimate of drug-likeness (QED) is 0.407. The van der Waals surface area contributed by atoms with E-state index in [-0.39, 0.29) is 5.91 Å². The summed E-state index contributed by atoms with van der Waals surface area (Å²) in [5, 5.41) is 1.24. The first kappa shape index (κ1) is 24.1. The van der Waals surface area contributed by atoms with Crippen LogP contribution in [0.4, 0.5) is 0 Å². The predicted octanol–water partition coefficient (Wildman–Crippen LogP) is 5.37. The Morgan fingerprint density at radius 2 is 1.85 bits per heavy atom. The van der Waals surface area contributed by atoms with Crippen molar-refractivity contribution in [2.45, 2.75) is 31.3 Å². The first-order chi connectivity index (χ1) is 16.0. The zero-order valence-corrected chi connectivity index (χ0v) is 21.0. The zero-order chi connectivity index (χ0) is 23.2. The number of hydrogen-bond acceptors (Lipinski definition) is 4. The minimum atomic E-state index is 0.149. The van der Waals surface area contributed by atoms with Crippen molar-refractivity contribution < 1.29 is 4.79 Å². The molecule has 0 saturated carbocycles. The molecule has 0 aliphatic carbocycles. The Kier molecular flexibility index (Phi) is 8.36. The van der Waals surface area contributed by atoms with Gasteiger partial charge in [-0.2, -0.15) is 0 Å². The maximum Gasteiger partial charge on any atom is 0.232 e. The second kappa shape index (κ2) is 11.4. The van der Waals surface area contributed by atoms with Gasteiger partial charge in [0.25, 0.3) is 0 Å². The van der Waals surface area contributed by atoms with E-state index in [0.29, 0.717) is 15.8 Å². The van der Waals surface area contributed by atoms with Gasteiger partial charge in [-0.25, -0.2) is 4.98 Å². The van der Waals surface area contributed by atoms with E-state index in [1.54, 1.807) is 6.07 Å². The predicted molar refractivity (Wildman–Crippen MR) is 136 cm³/mol. The number of aryl methyl sites for hydroxylation is 1. The normalized spacial score (nSPS) is 14.9. The van der Waals surface area contributed by atoms with Crippen LogP contribution in [0.15, 0.2) is 59.8 Å². The highest BCUT2D eigenvalue weighted by Crippen LogP contribution is 2.32. The Bertz CT molecular complexity index is 1090. The molecule has 0 spiro atoms. The van der Waals surface area contributed by atoms with Crippen molar-refractivity contribution in [2.24, 2.45) is 0 Å². The Morgan fingerprint density at radius 3 is 2.67 bits per heavy atom. The number of aromatic nitrogens is 2. The fourth-order valence-corrected chi connectivity index (χ4v) is 5.43. The number of carbonyl (C=O) groups is 1. The van der Waals surface area contributed by atoms with E-state index in [1.807, 2.05) is 36.4 Å². The van der Waals surface area contributed by atoms with Gasteiger partial charge in [-0.1, -0.05) is 53.5 Å². The number of benzene rings is 2. The number of hydrogen-bond donors (Lipinski definition) is 0. The van der Waals surface area contributed by atoms with Gasteiger partial charge in [0.05, 0.1) is 17.3 Å². The van der Waals surface area contributed by atoms with Gasteiger partial charge in [0.15, 0.2) is 0 Å². The second-order valence-corrected chi connectivity index (χ2v) is 10.1. The van der Waals surface area contributed by atoms with Gasteiger partial charge >= 0.3 is 0 Å². The van der Waals surface area contributed by atoms with Crippen LogP contribution in [0.1, 0.15) is 23.4 Å². The van der Waals surface area contributed by atoms with Crippen molar-refractivity contribution in [1.29, 1.82) is 0 Å². The molecule has 8 heteroatoms. The lowest BCUT2D eigenvalue weighted by molar-refractivity contribution is -0.128. The molecule has 5 nitrogen and oxygen atoms in total. The number of rotatable bonds is 7. The molecule has 1 saturated heterocycles. The van der Waals surface area contributed by atoms with Crippen LogP contribution in [0.5, 0.6) is 0 Å². The van der Waals surface area contributed by atoms with Gasteiger partial charge in [0, 0.05) is 55.0 Å². The molecule has 0 N–H and O–H groups in total. The second-order valence-electron chi connectivity index (χ2n) is 8.29. The van der Waals surface area contributed by atoms with Crippen LogP contribution in [0.2, 0.25) is 10.0 Å². The molecule has 33 heavy (non-hydrogen) atoms. The minimum Gasteiger partial charge on any atom is -0.341 e. The zero-order valence-electron chi connectivity index (χ0n) is 18.7. The summed E-state index contributed by atoms with van der Waals surface area (Å²) in [5.41, 5.74) is 2.23. The highest BCUT2D eigenvalue weighted by Gasteiger charge is 2.21. The third-order valence-corrected chi connectivity index (χ3v) is 7.74. The third-order valence-electron chi connectivity index (χ3n) is 5.87. The molecule has 2 aromatic carbocycles. The van der Waals surface area contributed by atoms with Crippen molar-refractivity contribution in [2.75, 3.05) is 31.9 Å². The Balaban J connectivity index is 1.30. The molecule has 1 fully saturated rings. The van der Waals surface area contributed by atoms with Crippen LogP contribution in [-0.4, -0.2) is 57.2 Å². The van der Waals surface area contributed by atoms with Crippen molar-refractivity contribution >= 4 is 40.9 Å². The average molecular weight is 503 g/mol. The van der Waals surface area contributed by atoms with Crippen LogP contribution in [0.3, 0.4) is 0 Å². The molecule has 1 aliphatic rings. The molecular weight excluding hydrogens is 475 g/mol. The SMILES string of the molecule is Cc1cc(SCC(=O)N2CCCN(Cc3nccn3Cc3ccccc3)CC2)c(Cl)cc1Cl. The van der Waals surface area contributed by atoms with E-state index in [2.05, 4.69) is 38.7 Å². The van der Waals surface area contributed by atoms with Gasteiger partial charge in [-0.3, -0.25) is 9.69 Å². The number of amides is 1. The molecule has 174 valence electrons. The number of thioether (sulfide) groups is 1. The summed E-state index contributed by atoms with van der Waals surface area (Å²) in [6.45, 7) is 6.86. The summed E-state index contributed by atoms with van der Waals surface area (Å²) in [6.07, 6.45) is 4.86. The summed E-state index contributed by atoms with van der Waals surface area (Å²) in [5.74, 6) is 1.58. The Morgan fingerprint density at radius 1 is 1.03 bits per heavy atom. The highest BCUT2D eigenvalue weighted by atomic mass is 35.5. The summed E-state index contributed by atoms with van der Waals surface area (Å²) < 4.78 is 2.21. The van der Waals surface area contributed by atoms with Crippen LogP contribution in [0.25, 0.3) is 0 Å². The summed E-state index contributed by atoms with van der Waals surface area (Å²) >= 11 is 13.9. The van der Waals surface area contributed by atoms with Gasteiger partial charge < -0.3 is 9.47 Å². The Labute approximate surface area is 209 Å². The van der Waals surface area contributed by atoms with Crippen LogP contribution in [0, 0.1) is 6.92 Å². The lowest BCUT2D eigenvalue weighted by Crippen LogP contribution is -2.36. The number of halogens is 2. The standard InChI is InChI=1S/C25H28Cl2N4OS/c1-19-14-23(22(27)15-21(19)26)33-18-25(32)30-10-5-9-29(12-13-30)17-24-28-8-11-31(24)16-20-6-3-2-4-7-20/h2-4,6-8,11,14-15H,5,9-10,12-13,16-18H2,1H3. The summed E-state index contributed by atoms with van der Waals surface area (Å²) in [6, 6.07) is 14.1. The molecule has 0 atom stereocenters. The van der Waals surface area contributed by atoms with Gasteiger partial charge in [-0.05, 0) is 36.6 Å². The molecule has 2 heterocycles. The number of nitrogens with zero attached hydrogens (tertiary/aromatic N) is 4. The molecule has 3 aromatic rings. The molecule has 0 bridgehead atoms. The first-order valence-electron chi connectivity index (χ1n) is 11.1.